The molecule has 0 fully saturated rings. The number of hydrogen-bond acceptors (Lipinski definition) is 2. The fourth-order valence-electron chi connectivity index (χ4n) is 3.63. The second kappa shape index (κ2) is 7.43. The Labute approximate surface area is 159 Å². The molecule has 1 aromatic carbocycles. The van der Waals surface area contributed by atoms with Crippen LogP contribution in [0.2, 0.25) is 0 Å². The molecular formula is C22H27N3O2. The van der Waals surface area contributed by atoms with Crippen molar-refractivity contribution in [3.63, 3.8) is 0 Å². The molecule has 0 spiro atoms. The molecule has 0 aliphatic rings. The van der Waals surface area contributed by atoms with Crippen molar-refractivity contribution >= 4 is 16.8 Å². The molecule has 1 unspecified atom stereocenters. The van der Waals surface area contributed by atoms with Gasteiger partial charge < -0.3 is 14.9 Å². The van der Waals surface area contributed by atoms with Crippen molar-refractivity contribution < 1.29 is 4.79 Å². The Morgan fingerprint density at radius 2 is 1.96 bits per heavy atom. The van der Waals surface area contributed by atoms with Crippen molar-refractivity contribution in [3.8, 4) is 0 Å². The van der Waals surface area contributed by atoms with Crippen LogP contribution >= 0.6 is 0 Å². The first kappa shape index (κ1) is 19.0. The Balaban J connectivity index is 1.93. The van der Waals surface area contributed by atoms with E-state index < -0.39 is 0 Å². The molecule has 1 amide bonds. The number of fused-ring (bicyclic) bond motifs is 1. The molecule has 0 saturated carbocycles. The van der Waals surface area contributed by atoms with Gasteiger partial charge in [-0.05, 0) is 63.4 Å². The van der Waals surface area contributed by atoms with Gasteiger partial charge in [0, 0.05) is 46.5 Å². The number of aromatic nitrogens is 2. The fraction of sp³-hybridized carbons (Fsp3) is 0.364. The third-order valence-electron chi connectivity index (χ3n) is 5.28. The SMILES string of the molecule is CCC(C)n1cc(C)c2c(C(=O)NCc3c(C)cc(C)[nH]c3=O)cccc21. The number of aromatic amines is 1. The van der Waals surface area contributed by atoms with Gasteiger partial charge in [0.2, 0.25) is 0 Å². The molecule has 3 aromatic rings. The second-order valence-electron chi connectivity index (χ2n) is 7.30. The van der Waals surface area contributed by atoms with E-state index in [1.165, 1.54) is 0 Å². The Hall–Kier alpha value is -2.82. The topological polar surface area (TPSA) is 66.9 Å². The summed E-state index contributed by atoms with van der Waals surface area (Å²) in [5.74, 6) is -0.162. The monoisotopic (exact) mass is 365 g/mol. The van der Waals surface area contributed by atoms with Crippen molar-refractivity contribution in [2.24, 2.45) is 0 Å². The summed E-state index contributed by atoms with van der Waals surface area (Å²) in [6, 6.07) is 8.10. The predicted octanol–water partition coefficient (Wildman–Crippen LogP) is 4.16. The third kappa shape index (κ3) is 3.54. The van der Waals surface area contributed by atoms with Crippen molar-refractivity contribution in [2.45, 2.75) is 53.6 Å². The highest BCUT2D eigenvalue weighted by Crippen LogP contribution is 2.28. The van der Waals surface area contributed by atoms with Crippen LogP contribution in [0.1, 0.15) is 59.1 Å². The normalized spacial score (nSPS) is 12.3. The van der Waals surface area contributed by atoms with E-state index in [-0.39, 0.29) is 18.0 Å². The fourth-order valence-corrected chi connectivity index (χ4v) is 3.63. The molecule has 0 radical (unpaired) electrons. The number of rotatable bonds is 5. The van der Waals surface area contributed by atoms with Gasteiger partial charge in [-0.2, -0.15) is 0 Å². The van der Waals surface area contributed by atoms with E-state index in [2.05, 4.69) is 41.0 Å². The van der Waals surface area contributed by atoms with Crippen LogP contribution < -0.4 is 10.9 Å². The van der Waals surface area contributed by atoms with Gasteiger partial charge in [0.05, 0.1) is 0 Å². The van der Waals surface area contributed by atoms with E-state index in [0.29, 0.717) is 17.2 Å². The van der Waals surface area contributed by atoms with E-state index in [0.717, 1.165) is 34.1 Å². The highest BCUT2D eigenvalue weighted by atomic mass is 16.1. The summed E-state index contributed by atoms with van der Waals surface area (Å²) in [4.78, 5) is 27.9. The predicted molar refractivity (Wildman–Crippen MR) is 109 cm³/mol. The smallest absolute Gasteiger partial charge is 0.253 e. The zero-order valence-electron chi connectivity index (χ0n) is 16.6. The van der Waals surface area contributed by atoms with E-state index >= 15 is 0 Å². The Kier molecular flexibility index (Phi) is 5.22. The van der Waals surface area contributed by atoms with Gasteiger partial charge in [0.1, 0.15) is 0 Å². The molecule has 5 nitrogen and oxygen atoms in total. The van der Waals surface area contributed by atoms with Gasteiger partial charge in [-0.3, -0.25) is 9.59 Å². The zero-order valence-corrected chi connectivity index (χ0v) is 16.6. The third-order valence-corrected chi connectivity index (χ3v) is 5.28. The minimum atomic E-state index is -0.162. The van der Waals surface area contributed by atoms with Crippen molar-refractivity contribution in [1.82, 2.24) is 14.9 Å². The van der Waals surface area contributed by atoms with E-state index in [9.17, 15) is 9.59 Å². The summed E-state index contributed by atoms with van der Waals surface area (Å²) in [5, 5.41) is 3.90. The van der Waals surface area contributed by atoms with Crippen molar-refractivity contribution in [3.05, 3.63) is 68.8 Å². The quantitative estimate of drug-likeness (QED) is 0.713. The summed E-state index contributed by atoms with van der Waals surface area (Å²) < 4.78 is 2.23. The first-order chi connectivity index (χ1) is 12.8. The maximum Gasteiger partial charge on any atom is 0.253 e. The lowest BCUT2D eigenvalue weighted by atomic mass is 10.1. The first-order valence-electron chi connectivity index (χ1n) is 9.41. The molecule has 1 atom stereocenters. The molecule has 0 saturated heterocycles. The van der Waals surface area contributed by atoms with Gasteiger partial charge >= 0.3 is 0 Å². The lowest BCUT2D eigenvalue weighted by Crippen LogP contribution is -2.28. The number of nitrogens with zero attached hydrogens (tertiary/aromatic N) is 1. The molecular weight excluding hydrogens is 338 g/mol. The van der Waals surface area contributed by atoms with Crippen LogP contribution in [-0.4, -0.2) is 15.5 Å². The molecule has 0 aliphatic carbocycles. The molecule has 27 heavy (non-hydrogen) atoms. The molecule has 2 aromatic heterocycles. The summed E-state index contributed by atoms with van der Waals surface area (Å²) in [6.07, 6.45) is 3.14. The van der Waals surface area contributed by atoms with Gasteiger partial charge in [-0.25, -0.2) is 0 Å². The minimum absolute atomic E-state index is 0.148. The van der Waals surface area contributed by atoms with Crippen LogP contribution in [0, 0.1) is 20.8 Å². The number of benzene rings is 1. The number of carbonyl (C=O) groups is 1. The van der Waals surface area contributed by atoms with Crippen molar-refractivity contribution in [2.75, 3.05) is 0 Å². The Morgan fingerprint density at radius 3 is 2.63 bits per heavy atom. The molecule has 0 bridgehead atoms. The Bertz CT molecular complexity index is 1060. The maximum absolute atomic E-state index is 12.9. The number of pyridine rings is 1. The molecule has 5 heteroatoms. The summed E-state index contributed by atoms with van der Waals surface area (Å²) in [7, 11) is 0. The summed E-state index contributed by atoms with van der Waals surface area (Å²) in [5.41, 5.74) is 4.95. The average molecular weight is 365 g/mol. The number of carbonyl (C=O) groups excluding carboxylic acids is 1. The number of amides is 1. The van der Waals surface area contributed by atoms with Gasteiger partial charge in [0.25, 0.3) is 11.5 Å². The van der Waals surface area contributed by atoms with E-state index in [4.69, 9.17) is 0 Å². The van der Waals surface area contributed by atoms with Crippen LogP contribution in [0.25, 0.3) is 10.9 Å². The van der Waals surface area contributed by atoms with Crippen LogP contribution in [-0.2, 0) is 6.54 Å². The van der Waals surface area contributed by atoms with Crippen LogP contribution in [0.15, 0.2) is 35.3 Å². The number of nitrogens with one attached hydrogen (secondary N) is 2. The minimum Gasteiger partial charge on any atom is -0.348 e. The van der Waals surface area contributed by atoms with E-state index in [1.54, 1.807) is 0 Å². The molecule has 0 aliphatic heterocycles. The molecule has 142 valence electrons. The van der Waals surface area contributed by atoms with Gasteiger partial charge in [-0.1, -0.05) is 13.0 Å². The first-order valence-corrected chi connectivity index (χ1v) is 9.41. The zero-order chi connectivity index (χ0) is 19.7. The van der Waals surface area contributed by atoms with Crippen LogP contribution in [0.3, 0.4) is 0 Å². The lowest BCUT2D eigenvalue weighted by molar-refractivity contribution is 0.0952. The molecule has 2 heterocycles. The average Bonchev–Trinajstić information content (AvgIpc) is 2.97. The highest BCUT2D eigenvalue weighted by Gasteiger charge is 2.17. The second-order valence-corrected chi connectivity index (χ2v) is 7.30. The molecule has 3 rings (SSSR count). The lowest BCUT2D eigenvalue weighted by Gasteiger charge is -2.13. The van der Waals surface area contributed by atoms with E-state index in [1.807, 2.05) is 39.0 Å². The highest BCUT2D eigenvalue weighted by molar-refractivity contribution is 6.07. The largest absolute Gasteiger partial charge is 0.348 e. The van der Waals surface area contributed by atoms with Crippen LogP contribution in [0.4, 0.5) is 0 Å². The van der Waals surface area contributed by atoms with Gasteiger partial charge in [-0.15, -0.1) is 0 Å². The number of H-pyrrole nitrogens is 1. The number of aryl methyl sites for hydroxylation is 3. The standard InChI is InChI=1S/C22H27N3O2/c1-6-16(5)25-12-14(3)20-17(8-7-9-19(20)25)21(26)23-11-18-13(2)10-15(4)24-22(18)27/h7-10,12,16H,6,11H2,1-5H3,(H,23,26)(H,24,27). The summed E-state index contributed by atoms with van der Waals surface area (Å²) in [6.45, 7) is 10.3. The molecule has 2 N–H and O–H groups in total. The van der Waals surface area contributed by atoms with Gasteiger partial charge in [0.15, 0.2) is 0 Å². The van der Waals surface area contributed by atoms with Crippen LogP contribution in [0.5, 0.6) is 0 Å². The Morgan fingerprint density at radius 1 is 1.22 bits per heavy atom. The number of hydrogen-bond donors (Lipinski definition) is 2. The maximum atomic E-state index is 12.9. The summed E-state index contributed by atoms with van der Waals surface area (Å²) >= 11 is 0. The van der Waals surface area contributed by atoms with Crippen molar-refractivity contribution in [1.29, 1.82) is 0 Å².